The summed E-state index contributed by atoms with van der Waals surface area (Å²) in [4.78, 5) is 14.8. The number of hydrogen-bond acceptors (Lipinski definition) is 3. The molecular formula is C26H34N2O2. The van der Waals surface area contributed by atoms with E-state index in [0.717, 1.165) is 45.3 Å². The molecule has 0 unspecified atom stereocenters. The predicted octanol–water partition coefficient (Wildman–Crippen LogP) is 4.75. The van der Waals surface area contributed by atoms with Crippen LogP contribution in [0.15, 0.2) is 54.6 Å². The third-order valence-electron chi connectivity index (χ3n) is 6.68. The van der Waals surface area contributed by atoms with Gasteiger partial charge in [0.15, 0.2) is 0 Å². The van der Waals surface area contributed by atoms with Crippen molar-refractivity contribution < 1.29 is 9.53 Å². The Labute approximate surface area is 180 Å². The highest BCUT2D eigenvalue weighted by Gasteiger charge is 2.42. The number of rotatable bonds is 6. The van der Waals surface area contributed by atoms with E-state index in [4.69, 9.17) is 4.74 Å². The largest absolute Gasteiger partial charge is 0.370 e. The Morgan fingerprint density at radius 3 is 2.43 bits per heavy atom. The van der Waals surface area contributed by atoms with Gasteiger partial charge in [-0.2, -0.15) is 0 Å². The fourth-order valence-corrected chi connectivity index (χ4v) is 4.69. The zero-order chi connectivity index (χ0) is 21.0. The summed E-state index contributed by atoms with van der Waals surface area (Å²) >= 11 is 0. The first kappa shape index (κ1) is 21.1. The van der Waals surface area contributed by atoms with Crippen molar-refractivity contribution >= 4 is 5.91 Å². The lowest BCUT2D eigenvalue weighted by atomic mass is 9.88. The van der Waals surface area contributed by atoms with Gasteiger partial charge in [0.1, 0.15) is 0 Å². The molecule has 2 aliphatic rings. The second-order valence-corrected chi connectivity index (χ2v) is 9.21. The molecule has 30 heavy (non-hydrogen) atoms. The maximum atomic E-state index is 12.3. The fourth-order valence-electron chi connectivity index (χ4n) is 4.69. The smallest absolute Gasteiger partial charge is 0.251 e. The van der Waals surface area contributed by atoms with Crippen LogP contribution in [0.1, 0.15) is 66.9 Å². The zero-order valence-corrected chi connectivity index (χ0v) is 18.3. The second-order valence-electron chi connectivity index (χ2n) is 9.21. The fraction of sp³-hybridized carbons (Fsp3) is 0.500. The summed E-state index contributed by atoms with van der Waals surface area (Å²) in [5.74, 6) is 0.567. The van der Waals surface area contributed by atoms with Crippen LogP contribution in [0.4, 0.5) is 0 Å². The zero-order valence-electron chi connectivity index (χ0n) is 18.3. The van der Waals surface area contributed by atoms with Crippen LogP contribution in [0.2, 0.25) is 0 Å². The van der Waals surface area contributed by atoms with Crippen LogP contribution in [0.25, 0.3) is 0 Å². The number of nitrogens with one attached hydrogen (secondary N) is 1. The molecule has 1 spiro atoms. The van der Waals surface area contributed by atoms with Gasteiger partial charge >= 0.3 is 0 Å². The SMILES string of the molecule is CC(C)c1ccc(CN2CCC3(CC[C@@H](CNC(=O)c4ccccc4)O3)CC2)cc1. The van der Waals surface area contributed by atoms with Crippen molar-refractivity contribution in [3.05, 3.63) is 71.3 Å². The van der Waals surface area contributed by atoms with Gasteiger partial charge in [-0.1, -0.05) is 56.3 Å². The van der Waals surface area contributed by atoms with Crippen LogP contribution in [0, 0.1) is 0 Å². The summed E-state index contributed by atoms with van der Waals surface area (Å²) in [6.07, 6.45) is 4.44. The van der Waals surface area contributed by atoms with Crippen LogP contribution < -0.4 is 5.32 Å². The van der Waals surface area contributed by atoms with E-state index in [1.807, 2.05) is 30.3 Å². The molecule has 160 valence electrons. The maximum absolute atomic E-state index is 12.3. The number of benzene rings is 2. The lowest BCUT2D eigenvalue weighted by Crippen LogP contribution is -2.44. The molecule has 2 aliphatic heterocycles. The van der Waals surface area contributed by atoms with Gasteiger partial charge in [-0.05, 0) is 54.9 Å². The number of nitrogens with zero attached hydrogens (tertiary/aromatic N) is 1. The topological polar surface area (TPSA) is 41.6 Å². The first-order chi connectivity index (χ1) is 14.5. The highest BCUT2D eigenvalue weighted by atomic mass is 16.5. The molecule has 2 aromatic rings. The van der Waals surface area contributed by atoms with E-state index >= 15 is 0 Å². The molecule has 0 aliphatic carbocycles. The minimum absolute atomic E-state index is 0.0140. The molecule has 4 nitrogen and oxygen atoms in total. The number of carbonyl (C=O) groups excluding carboxylic acids is 1. The Morgan fingerprint density at radius 1 is 1.07 bits per heavy atom. The third-order valence-corrected chi connectivity index (χ3v) is 6.68. The molecule has 4 rings (SSSR count). The van der Waals surface area contributed by atoms with E-state index in [2.05, 4.69) is 48.3 Å². The molecule has 0 saturated carbocycles. The van der Waals surface area contributed by atoms with Gasteiger partial charge < -0.3 is 10.1 Å². The summed E-state index contributed by atoms with van der Waals surface area (Å²) in [6.45, 7) is 8.25. The first-order valence-corrected chi connectivity index (χ1v) is 11.4. The Kier molecular flexibility index (Phi) is 6.55. The molecule has 2 aromatic carbocycles. The van der Waals surface area contributed by atoms with E-state index in [1.54, 1.807) is 0 Å². The third kappa shape index (κ3) is 5.11. The van der Waals surface area contributed by atoms with Crippen molar-refractivity contribution in [2.45, 2.75) is 63.7 Å². The van der Waals surface area contributed by atoms with Gasteiger partial charge in [0, 0.05) is 31.7 Å². The number of ether oxygens (including phenoxy) is 1. The van der Waals surface area contributed by atoms with Gasteiger partial charge in [-0.3, -0.25) is 9.69 Å². The quantitative estimate of drug-likeness (QED) is 0.752. The Morgan fingerprint density at radius 2 is 1.77 bits per heavy atom. The van der Waals surface area contributed by atoms with Crippen molar-refractivity contribution in [2.75, 3.05) is 19.6 Å². The van der Waals surface area contributed by atoms with E-state index in [9.17, 15) is 4.79 Å². The molecule has 4 heteroatoms. The number of carbonyl (C=O) groups is 1. The highest BCUT2D eigenvalue weighted by Crippen LogP contribution is 2.39. The Bertz CT molecular complexity index is 824. The number of likely N-dealkylation sites (tertiary alicyclic amines) is 1. The average Bonchev–Trinajstić information content (AvgIpc) is 3.17. The van der Waals surface area contributed by atoms with Crippen molar-refractivity contribution in [3.63, 3.8) is 0 Å². The number of piperidine rings is 1. The van der Waals surface area contributed by atoms with Gasteiger partial charge in [-0.25, -0.2) is 0 Å². The first-order valence-electron chi connectivity index (χ1n) is 11.4. The second kappa shape index (κ2) is 9.32. The summed E-state index contributed by atoms with van der Waals surface area (Å²) in [6, 6.07) is 18.5. The molecule has 1 atom stereocenters. The van der Waals surface area contributed by atoms with E-state index in [1.165, 1.54) is 11.1 Å². The number of hydrogen-bond donors (Lipinski definition) is 1. The Hall–Kier alpha value is -2.17. The Balaban J connectivity index is 1.22. The monoisotopic (exact) mass is 406 g/mol. The summed E-state index contributed by atoms with van der Waals surface area (Å²) in [5, 5.41) is 3.04. The van der Waals surface area contributed by atoms with Gasteiger partial charge in [0.25, 0.3) is 5.91 Å². The molecule has 2 fully saturated rings. The number of amides is 1. The van der Waals surface area contributed by atoms with E-state index in [-0.39, 0.29) is 17.6 Å². The predicted molar refractivity (Wildman–Crippen MR) is 121 cm³/mol. The van der Waals surface area contributed by atoms with Crippen LogP contribution >= 0.6 is 0 Å². The lowest BCUT2D eigenvalue weighted by molar-refractivity contribution is -0.0764. The van der Waals surface area contributed by atoms with Crippen molar-refractivity contribution in [2.24, 2.45) is 0 Å². The minimum atomic E-state index is -0.0153. The summed E-state index contributed by atoms with van der Waals surface area (Å²) in [5.41, 5.74) is 3.52. The molecule has 1 amide bonds. The molecule has 2 saturated heterocycles. The van der Waals surface area contributed by atoms with Crippen molar-refractivity contribution in [1.29, 1.82) is 0 Å². The molecule has 2 heterocycles. The van der Waals surface area contributed by atoms with Crippen molar-refractivity contribution in [1.82, 2.24) is 10.2 Å². The van der Waals surface area contributed by atoms with Gasteiger partial charge in [-0.15, -0.1) is 0 Å². The van der Waals surface area contributed by atoms with Crippen LogP contribution in [0.5, 0.6) is 0 Å². The lowest BCUT2D eigenvalue weighted by Gasteiger charge is -2.39. The van der Waals surface area contributed by atoms with Gasteiger partial charge in [0.05, 0.1) is 11.7 Å². The van der Waals surface area contributed by atoms with Crippen LogP contribution in [0.3, 0.4) is 0 Å². The summed E-state index contributed by atoms with van der Waals surface area (Å²) < 4.78 is 6.48. The molecular weight excluding hydrogens is 372 g/mol. The standard InChI is InChI=1S/C26H34N2O2/c1-20(2)22-10-8-21(9-11-22)19-28-16-14-26(15-17-28)13-12-24(30-26)18-27-25(29)23-6-4-3-5-7-23/h3-11,20,24H,12-19H2,1-2H3,(H,27,29)/t24-/m0/s1. The van der Waals surface area contributed by atoms with Crippen LogP contribution in [-0.2, 0) is 11.3 Å². The summed E-state index contributed by atoms with van der Waals surface area (Å²) in [7, 11) is 0. The molecule has 0 radical (unpaired) electrons. The average molecular weight is 407 g/mol. The molecule has 0 bridgehead atoms. The molecule has 0 aromatic heterocycles. The van der Waals surface area contributed by atoms with Gasteiger partial charge in [0.2, 0.25) is 0 Å². The maximum Gasteiger partial charge on any atom is 0.251 e. The molecule has 1 N–H and O–H groups in total. The normalized spacial score (nSPS) is 21.2. The van der Waals surface area contributed by atoms with Crippen LogP contribution in [-0.4, -0.2) is 42.1 Å². The highest BCUT2D eigenvalue weighted by molar-refractivity contribution is 5.94. The minimum Gasteiger partial charge on any atom is -0.370 e. The van der Waals surface area contributed by atoms with E-state index in [0.29, 0.717) is 18.0 Å². The van der Waals surface area contributed by atoms with Crippen molar-refractivity contribution in [3.8, 4) is 0 Å². The van der Waals surface area contributed by atoms with E-state index < -0.39 is 0 Å².